The first-order valence-corrected chi connectivity index (χ1v) is 9.99. The largest absolute Gasteiger partial charge is 0.264 e. The predicted molar refractivity (Wildman–Crippen MR) is 123 cm³/mol. The van der Waals surface area contributed by atoms with Crippen LogP contribution in [-0.4, -0.2) is 4.98 Å². The molecule has 0 amide bonds. The van der Waals surface area contributed by atoms with Gasteiger partial charge in [0, 0.05) is 21.5 Å². The van der Waals surface area contributed by atoms with Crippen molar-refractivity contribution in [2.45, 2.75) is 0 Å². The zero-order valence-electron chi connectivity index (χ0n) is 14.6. The van der Waals surface area contributed by atoms with E-state index in [1.807, 2.05) is 18.5 Å². The zero-order valence-corrected chi connectivity index (χ0v) is 16.7. The molecule has 1 aromatic heterocycles. The molecule has 0 saturated carbocycles. The molecule has 0 fully saturated rings. The van der Waals surface area contributed by atoms with Crippen molar-refractivity contribution in [1.82, 2.24) is 4.98 Å². The third kappa shape index (κ3) is 3.00. The highest BCUT2D eigenvalue weighted by atomic mass is 127. The first-order chi connectivity index (χ1) is 13.3. The molecule has 1 heterocycles. The molecule has 128 valence electrons. The summed E-state index contributed by atoms with van der Waals surface area (Å²) in [6.45, 7) is 0. The van der Waals surface area contributed by atoms with E-state index in [9.17, 15) is 0 Å². The van der Waals surface area contributed by atoms with E-state index in [1.165, 1.54) is 41.8 Å². The van der Waals surface area contributed by atoms with E-state index in [-0.39, 0.29) is 0 Å². The van der Waals surface area contributed by atoms with Gasteiger partial charge in [-0.1, -0.05) is 60.7 Å². The Labute approximate surface area is 171 Å². The van der Waals surface area contributed by atoms with Crippen LogP contribution in [0.2, 0.25) is 0 Å². The fourth-order valence-electron chi connectivity index (χ4n) is 3.74. The van der Waals surface area contributed by atoms with Gasteiger partial charge in [0.25, 0.3) is 0 Å². The molecule has 2 heteroatoms. The Hall–Kier alpha value is -2.72. The van der Waals surface area contributed by atoms with Crippen LogP contribution in [-0.2, 0) is 0 Å². The zero-order chi connectivity index (χ0) is 18.2. The highest BCUT2D eigenvalue weighted by Gasteiger charge is 2.09. The summed E-state index contributed by atoms with van der Waals surface area (Å²) >= 11 is 2.40. The van der Waals surface area contributed by atoms with E-state index in [4.69, 9.17) is 0 Å². The Morgan fingerprint density at radius 2 is 1.44 bits per heavy atom. The predicted octanol–water partition coefficient (Wildman–Crippen LogP) is 7.33. The molecule has 0 N–H and O–H groups in total. The summed E-state index contributed by atoms with van der Waals surface area (Å²) < 4.78 is 1.22. The summed E-state index contributed by atoms with van der Waals surface area (Å²) in [6.07, 6.45) is 3.74. The topological polar surface area (TPSA) is 12.9 Å². The van der Waals surface area contributed by atoms with Gasteiger partial charge in [0.05, 0.1) is 0 Å². The number of benzene rings is 4. The number of hydrogen-bond donors (Lipinski definition) is 0. The van der Waals surface area contributed by atoms with Crippen LogP contribution in [0.1, 0.15) is 0 Å². The van der Waals surface area contributed by atoms with Gasteiger partial charge in [-0.2, -0.15) is 0 Å². The van der Waals surface area contributed by atoms with E-state index in [0.717, 1.165) is 5.56 Å². The van der Waals surface area contributed by atoms with Gasteiger partial charge in [-0.15, -0.1) is 0 Å². The van der Waals surface area contributed by atoms with Gasteiger partial charge in [0.15, 0.2) is 0 Å². The quantitative estimate of drug-likeness (QED) is 0.200. The van der Waals surface area contributed by atoms with Crippen LogP contribution in [0.5, 0.6) is 0 Å². The van der Waals surface area contributed by atoms with E-state index in [1.54, 1.807) is 0 Å². The Morgan fingerprint density at radius 1 is 0.593 bits per heavy atom. The third-order valence-corrected chi connectivity index (χ3v) is 5.61. The SMILES string of the molecule is Ic1cc(-c2cccnc2)cc(-c2cccc3c2ccc2ccccc23)c1. The first-order valence-electron chi connectivity index (χ1n) is 8.91. The molecule has 27 heavy (non-hydrogen) atoms. The Balaban J connectivity index is 1.77. The third-order valence-electron chi connectivity index (χ3n) is 4.99. The first kappa shape index (κ1) is 16.5. The van der Waals surface area contributed by atoms with Crippen molar-refractivity contribution < 1.29 is 0 Å². The van der Waals surface area contributed by atoms with Crippen LogP contribution in [0.15, 0.2) is 97.3 Å². The van der Waals surface area contributed by atoms with Crippen LogP contribution in [0.4, 0.5) is 0 Å². The number of halogens is 1. The minimum Gasteiger partial charge on any atom is -0.264 e. The second-order valence-electron chi connectivity index (χ2n) is 6.66. The lowest BCUT2D eigenvalue weighted by molar-refractivity contribution is 1.33. The molecule has 5 rings (SSSR count). The summed E-state index contributed by atoms with van der Waals surface area (Å²) in [5.74, 6) is 0. The van der Waals surface area contributed by atoms with Gasteiger partial charge >= 0.3 is 0 Å². The number of nitrogens with zero attached hydrogens (tertiary/aromatic N) is 1. The second kappa shape index (κ2) is 6.78. The summed E-state index contributed by atoms with van der Waals surface area (Å²) in [5, 5.41) is 5.17. The normalized spacial score (nSPS) is 11.1. The highest BCUT2D eigenvalue weighted by molar-refractivity contribution is 14.1. The average Bonchev–Trinajstić information content (AvgIpc) is 2.73. The molecular formula is C25H16IN. The summed E-state index contributed by atoms with van der Waals surface area (Å²) in [7, 11) is 0. The molecule has 0 aliphatic heterocycles. The van der Waals surface area contributed by atoms with Gasteiger partial charge in [0.1, 0.15) is 0 Å². The van der Waals surface area contributed by atoms with E-state index < -0.39 is 0 Å². The minimum absolute atomic E-state index is 1.14. The second-order valence-corrected chi connectivity index (χ2v) is 7.90. The summed E-state index contributed by atoms with van der Waals surface area (Å²) in [4.78, 5) is 4.27. The van der Waals surface area contributed by atoms with Crippen molar-refractivity contribution >= 4 is 44.1 Å². The lowest BCUT2D eigenvalue weighted by Gasteiger charge is -2.12. The Bertz CT molecular complexity index is 1280. The number of fused-ring (bicyclic) bond motifs is 3. The van der Waals surface area contributed by atoms with Crippen molar-refractivity contribution in [3.63, 3.8) is 0 Å². The van der Waals surface area contributed by atoms with Crippen molar-refractivity contribution in [2.75, 3.05) is 0 Å². The molecule has 0 bridgehead atoms. The average molecular weight is 457 g/mol. The van der Waals surface area contributed by atoms with Crippen molar-refractivity contribution in [3.8, 4) is 22.3 Å². The summed E-state index contributed by atoms with van der Waals surface area (Å²) in [6, 6.07) is 30.5. The lowest BCUT2D eigenvalue weighted by Crippen LogP contribution is -1.87. The monoisotopic (exact) mass is 457 g/mol. The van der Waals surface area contributed by atoms with Crippen LogP contribution in [0.25, 0.3) is 43.8 Å². The van der Waals surface area contributed by atoms with Crippen molar-refractivity contribution in [3.05, 3.63) is 101 Å². The Kier molecular flexibility index (Phi) is 4.13. The maximum absolute atomic E-state index is 4.27. The highest BCUT2D eigenvalue weighted by Crippen LogP contribution is 2.35. The summed E-state index contributed by atoms with van der Waals surface area (Å²) in [5.41, 5.74) is 4.84. The van der Waals surface area contributed by atoms with Gasteiger partial charge in [0.2, 0.25) is 0 Å². The van der Waals surface area contributed by atoms with Crippen molar-refractivity contribution in [1.29, 1.82) is 0 Å². The van der Waals surface area contributed by atoms with Crippen LogP contribution < -0.4 is 0 Å². The molecule has 0 atom stereocenters. The van der Waals surface area contributed by atoms with Gasteiger partial charge in [-0.05, 0) is 85.1 Å². The molecule has 0 spiro atoms. The van der Waals surface area contributed by atoms with Gasteiger partial charge < -0.3 is 0 Å². The van der Waals surface area contributed by atoms with Gasteiger partial charge in [-0.3, -0.25) is 4.98 Å². The molecular weight excluding hydrogens is 441 g/mol. The standard InChI is InChI=1S/C25H16IN/c26-21-14-19(18-6-4-12-27-16-18)13-20(15-21)23-8-3-9-24-22-7-2-1-5-17(22)10-11-25(23)24/h1-16H. The smallest absolute Gasteiger partial charge is 0.0346 e. The van der Waals surface area contributed by atoms with Crippen LogP contribution in [0.3, 0.4) is 0 Å². The fourth-order valence-corrected chi connectivity index (χ4v) is 4.41. The molecule has 0 aliphatic rings. The fraction of sp³-hybridized carbons (Fsp3) is 0. The molecule has 0 unspecified atom stereocenters. The molecule has 0 aliphatic carbocycles. The maximum atomic E-state index is 4.27. The number of aromatic nitrogens is 1. The minimum atomic E-state index is 1.14. The van der Waals surface area contributed by atoms with E-state index in [2.05, 4.69) is 106 Å². The Morgan fingerprint density at radius 3 is 2.33 bits per heavy atom. The number of pyridine rings is 1. The molecule has 4 aromatic carbocycles. The number of hydrogen-bond acceptors (Lipinski definition) is 1. The van der Waals surface area contributed by atoms with Gasteiger partial charge in [-0.25, -0.2) is 0 Å². The van der Waals surface area contributed by atoms with E-state index >= 15 is 0 Å². The number of rotatable bonds is 2. The van der Waals surface area contributed by atoms with Crippen molar-refractivity contribution in [2.24, 2.45) is 0 Å². The van der Waals surface area contributed by atoms with Crippen LogP contribution >= 0.6 is 22.6 Å². The van der Waals surface area contributed by atoms with Crippen LogP contribution in [0, 0.1) is 3.57 Å². The molecule has 5 aromatic rings. The molecule has 1 nitrogen and oxygen atoms in total. The lowest BCUT2D eigenvalue weighted by atomic mass is 9.93. The molecule has 0 saturated heterocycles. The maximum Gasteiger partial charge on any atom is 0.0346 e. The molecule has 0 radical (unpaired) electrons. The van der Waals surface area contributed by atoms with E-state index in [0.29, 0.717) is 0 Å².